The van der Waals surface area contributed by atoms with E-state index in [4.69, 9.17) is 0 Å². The zero-order valence-corrected chi connectivity index (χ0v) is 37.8. The van der Waals surface area contributed by atoms with Gasteiger partial charge in [0.15, 0.2) is 0 Å². The van der Waals surface area contributed by atoms with E-state index in [-0.39, 0.29) is 113 Å². The van der Waals surface area contributed by atoms with Crippen LogP contribution in [0.5, 0.6) is 0 Å². The average Bonchev–Trinajstić information content (AvgIpc) is 2.83. The predicted molar refractivity (Wildman–Crippen MR) is 187 cm³/mol. The molecule has 1 rings (SSSR count). The summed E-state index contributed by atoms with van der Waals surface area (Å²) in [7, 11) is 0. The van der Waals surface area contributed by atoms with Crippen LogP contribution in [0.1, 0.15) is 162 Å². The van der Waals surface area contributed by atoms with E-state index in [1.165, 1.54) is 24.8 Å². The van der Waals surface area contributed by atoms with Gasteiger partial charge in [-0.15, -0.1) is 0 Å². The molecule has 243 valence electrons. The van der Waals surface area contributed by atoms with Crippen LogP contribution < -0.4 is 0 Å². The van der Waals surface area contributed by atoms with E-state index >= 15 is 0 Å². The zero-order chi connectivity index (χ0) is 29.5. The molecule has 0 fully saturated rings. The summed E-state index contributed by atoms with van der Waals surface area (Å²) >= 11 is 0. The Morgan fingerprint density at radius 2 is 0.850 bits per heavy atom. The van der Waals surface area contributed by atoms with Crippen molar-refractivity contribution in [1.82, 2.24) is 0 Å². The second kappa shape index (κ2) is 90.0. The van der Waals surface area contributed by atoms with E-state index in [0.29, 0.717) is 5.92 Å². The topological polar surface area (TPSA) is 0 Å². The van der Waals surface area contributed by atoms with E-state index in [1.54, 1.807) is 6.92 Å². The molecule has 0 heterocycles. The second-order valence-corrected chi connectivity index (χ2v) is 8.72. The second-order valence-electron chi connectivity index (χ2n) is 8.72. The van der Waals surface area contributed by atoms with Crippen LogP contribution in [0.25, 0.3) is 0 Å². The molecule has 3 heteroatoms. The predicted octanol–water partition coefficient (Wildman–Crippen LogP) is 14.5. The molecule has 0 spiro atoms. The Balaban J connectivity index is -0.0000000234. The first kappa shape index (κ1) is 78.7. The van der Waals surface area contributed by atoms with Crippen LogP contribution in [-0.2, 0) is 98.1 Å². The quantitative estimate of drug-likeness (QED) is 0.252. The minimum atomic E-state index is 0. The molecule has 0 aliphatic carbocycles. The van der Waals surface area contributed by atoms with Crippen LogP contribution in [0.3, 0.4) is 0 Å². The average molecular weight is 792 g/mol. The molecule has 40 heavy (non-hydrogen) atoms. The molecule has 1 aromatic carbocycles. The normalized spacial score (nSPS) is 7.22. The maximum atomic E-state index is 3.76. The molecule has 0 amide bonds. The first-order valence-corrected chi connectivity index (χ1v) is 14.2. The van der Waals surface area contributed by atoms with Crippen molar-refractivity contribution in [2.75, 3.05) is 0 Å². The van der Waals surface area contributed by atoms with Gasteiger partial charge in [-0.2, -0.15) is 61.3 Å². The van der Waals surface area contributed by atoms with Gasteiger partial charge in [-0.05, 0) is 23.3 Å². The van der Waals surface area contributed by atoms with E-state index in [0.717, 1.165) is 24.7 Å². The van der Waals surface area contributed by atoms with Gasteiger partial charge in [0.2, 0.25) is 0 Å². The molecule has 0 aromatic heterocycles. The molecule has 0 saturated heterocycles. The minimum absolute atomic E-state index is 0. The number of unbranched alkanes of at least 4 members (excludes halogenated alkanes) is 1. The Morgan fingerprint density at radius 3 is 0.950 bits per heavy atom. The first-order chi connectivity index (χ1) is 16.6. The van der Waals surface area contributed by atoms with E-state index in [9.17, 15) is 0 Å². The van der Waals surface area contributed by atoms with Crippen LogP contribution in [0.4, 0.5) is 0 Å². The molecule has 0 aliphatic heterocycles. The third kappa shape index (κ3) is 137. The van der Waals surface area contributed by atoms with Gasteiger partial charge in [0.25, 0.3) is 0 Å². The van der Waals surface area contributed by atoms with Gasteiger partial charge in [-0.3, -0.25) is 0 Å². The Labute approximate surface area is 338 Å². The summed E-state index contributed by atoms with van der Waals surface area (Å²) in [4.78, 5) is 0. The molecule has 0 N–H and O–H groups in total. The van der Waals surface area contributed by atoms with Crippen LogP contribution in [0.15, 0.2) is 30.3 Å². The van der Waals surface area contributed by atoms with Crippen LogP contribution in [-0.4, -0.2) is 0 Å². The largest absolute Gasteiger partial charge is 0.346 e. The standard InChI is InChI=1S/C9H12.C7H15.C6H13.3C3H7.C2H6.C2H5.2CH4.3Y/c1-8(2)9-6-4-3-5-7-9;1-4-5-6-7(2)3;1-4-5-6(2)3;3*1-3-2;2*1-2;;;;;/h3-8H,1-2H3;7H,1,4-6H2,2-3H3;6H,1,4-5H2,2-3H3;3*3H,1-2H3;1-2H3;1H2,2H3;2*1H4;;;/q;5*-1;;-1;;;;;. The van der Waals surface area contributed by atoms with Crippen molar-refractivity contribution in [3.8, 4) is 0 Å². The molecule has 0 atom stereocenters. The molecular weight excluding hydrogens is 711 g/mol. The Kier molecular flexibility index (Phi) is 177. The van der Waals surface area contributed by atoms with E-state index in [1.807, 2.05) is 80.7 Å². The summed E-state index contributed by atoms with van der Waals surface area (Å²) in [5, 5.41) is 0. The fourth-order valence-corrected chi connectivity index (χ4v) is 1.80. The van der Waals surface area contributed by atoms with Gasteiger partial charge in [0, 0.05) is 98.1 Å². The number of hydrogen-bond donors (Lipinski definition) is 0. The molecule has 0 aliphatic rings. The molecule has 0 unspecified atom stereocenters. The van der Waals surface area contributed by atoms with Crippen molar-refractivity contribution in [2.24, 2.45) is 11.8 Å². The third-order valence-electron chi connectivity index (χ3n) is 3.28. The monoisotopic (exact) mass is 791 g/mol. The molecule has 3 radical (unpaired) electrons. The zero-order valence-electron chi connectivity index (χ0n) is 29.2. The van der Waals surface area contributed by atoms with Gasteiger partial charge in [-0.25, -0.2) is 0 Å². The molecular formula is C37H80Y3-6. The Bertz CT molecular complexity index is 345. The minimum Gasteiger partial charge on any atom is -0.346 e. The number of rotatable bonds is 6. The first-order valence-electron chi connectivity index (χ1n) is 14.2. The fraction of sp³-hybridized carbons (Fsp3) is 0.676. The summed E-state index contributed by atoms with van der Waals surface area (Å²) in [6.07, 6.45) is 12.1. The molecule has 0 saturated carbocycles. The van der Waals surface area contributed by atoms with Crippen molar-refractivity contribution in [3.05, 3.63) is 75.9 Å². The van der Waals surface area contributed by atoms with Crippen molar-refractivity contribution < 1.29 is 98.1 Å². The van der Waals surface area contributed by atoms with Gasteiger partial charge in [-0.1, -0.05) is 120 Å². The van der Waals surface area contributed by atoms with Crippen molar-refractivity contribution in [2.45, 2.75) is 157 Å². The number of hydrogen-bond acceptors (Lipinski definition) is 0. The number of benzene rings is 1. The van der Waals surface area contributed by atoms with E-state index in [2.05, 4.69) is 86.6 Å². The van der Waals surface area contributed by atoms with Gasteiger partial charge in [0.1, 0.15) is 0 Å². The van der Waals surface area contributed by atoms with Crippen LogP contribution >= 0.6 is 0 Å². The molecule has 0 bridgehead atoms. The van der Waals surface area contributed by atoms with Crippen molar-refractivity contribution >= 4 is 0 Å². The fourth-order valence-electron chi connectivity index (χ4n) is 1.80. The molecule has 0 nitrogen and oxygen atoms in total. The van der Waals surface area contributed by atoms with E-state index < -0.39 is 0 Å². The Hall–Kier alpha value is 2.53. The Morgan fingerprint density at radius 1 is 0.575 bits per heavy atom. The van der Waals surface area contributed by atoms with Crippen molar-refractivity contribution in [3.63, 3.8) is 0 Å². The smallest absolute Gasteiger partial charge is 0 e. The molecule has 1 aromatic rings. The van der Waals surface area contributed by atoms with Gasteiger partial charge < -0.3 is 40.0 Å². The summed E-state index contributed by atoms with van der Waals surface area (Å²) in [6.45, 7) is 41.8. The van der Waals surface area contributed by atoms with Crippen LogP contribution in [0.2, 0.25) is 0 Å². The maximum absolute atomic E-state index is 3.76. The van der Waals surface area contributed by atoms with Gasteiger partial charge >= 0.3 is 0 Å². The summed E-state index contributed by atoms with van der Waals surface area (Å²) in [6, 6.07) is 10.5. The maximum Gasteiger partial charge on any atom is 0 e. The third-order valence-corrected chi connectivity index (χ3v) is 3.28. The summed E-state index contributed by atoms with van der Waals surface area (Å²) < 4.78 is 0. The van der Waals surface area contributed by atoms with Crippen molar-refractivity contribution in [1.29, 1.82) is 0 Å². The SMILES string of the molecule is C.C.CC.CC(C)c1ccccc1.C[CH-]C.C[CH-]C.C[CH-]C.[CH2-]C.[CH2-]CCC(C)C.[CH2-]CCCC(C)C.[Y].[Y].[Y]. The summed E-state index contributed by atoms with van der Waals surface area (Å²) in [5.41, 5.74) is 1.41. The van der Waals surface area contributed by atoms with Crippen LogP contribution in [0, 0.1) is 51.9 Å². The summed E-state index contributed by atoms with van der Waals surface area (Å²) in [5.74, 6) is 2.36. The van der Waals surface area contributed by atoms with Gasteiger partial charge in [0.05, 0.1) is 0 Å².